The Morgan fingerprint density at radius 1 is 1.04 bits per heavy atom. The van der Waals surface area contributed by atoms with Crippen molar-refractivity contribution >= 4 is 5.91 Å². The molecule has 3 rings (SSSR count). The molecule has 1 N–H and O–H groups in total. The Morgan fingerprint density at radius 2 is 1.78 bits per heavy atom. The van der Waals surface area contributed by atoms with Crippen molar-refractivity contribution in [2.45, 2.75) is 13.3 Å². The van der Waals surface area contributed by atoms with Gasteiger partial charge in [0.1, 0.15) is 0 Å². The van der Waals surface area contributed by atoms with Crippen LogP contribution in [0.2, 0.25) is 0 Å². The van der Waals surface area contributed by atoms with E-state index in [1.165, 1.54) is 0 Å². The second-order valence-corrected chi connectivity index (χ2v) is 6.14. The molecule has 2 aromatic carbocycles. The van der Waals surface area contributed by atoms with Gasteiger partial charge in [0.2, 0.25) is 0 Å². The number of aryl methyl sites for hydroxylation is 1. The minimum absolute atomic E-state index is 0.262. The molecule has 140 valence electrons. The molecule has 3 aromatic rings. The van der Waals surface area contributed by atoms with Crippen molar-refractivity contribution in [1.29, 1.82) is 0 Å². The standard InChI is InChI=1S/C21H22N2O4/c1-14-4-7-16(8-5-14)19-13-17(23-27-19)21(24)22-11-10-15-6-9-18(25-2)20(12-15)26-3/h4-9,12-13H,10-11H2,1-3H3,(H,22,24). The van der Waals surface area contributed by atoms with Crippen LogP contribution < -0.4 is 14.8 Å². The van der Waals surface area contributed by atoms with Crippen LogP contribution in [0, 0.1) is 6.92 Å². The van der Waals surface area contributed by atoms with Crippen LogP contribution in [-0.4, -0.2) is 31.8 Å². The van der Waals surface area contributed by atoms with Gasteiger partial charge < -0.3 is 19.3 Å². The van der Waals surface area contributed by atoms with E-state index in [2.05, 4.69) is 10.5 Å². The molecule has 0 radical (unpaired) electrons. The first-order valence-corrected chi connectivity index (χ1v) is 8.63. The molecule has 0 saturated heterocycles. The van der Waals surface area contributed by atoms with Crippen LogP contribution in [0.15, 0.2) is 53.1 Å². The topological polar surface area (TPSA) is 73.6 Å². The Labute approximate surface area is 158 Å². The van der Waals surface area contributed by atoms with Crippen molar-refractivity contribution in [3.05, 3.63) is 65.4 Å². The highest BCUT2D eigenvalue weighted by Gasteiger charge is 2.13. The second kappa shape index (κ2) is 8.40. The highest BCUT2D eigenvalue weighted by molar-refractivity contribution is 5.93. The highest BCUT2D eigenvalue weighted by Crippen LogP contribution is 2.27. The third-order valence-electron chi connectivity index (χ3n) is 4.23. The molecular weight excluding hydrogens is 344 g/mol. The van der Waals surface area contributed by atoms with Gasteiger partial charge in [-0.1, -0.05) is 41.1 Å². The first-order chi connectivity index (χ1) is 13.1. The maximum atomic E-state index is 12.3. The maximum Gasteiger partial charge on any atom is 0.273 e. The number of nitrogens with one attached hydrogen (secondary N) is 1. The Bertz CT molecular complexity index is 916. The summed E-state index contributed by atoms with van der Waals surface area (Å²) in [6, 6.07) is 15.2. The van der Waals surface area contributed by atoms with Crippen molar-refractivity contribution in [3.63, 3.8) is 0 Å². The number of benzene rings is 2. The smallest absolute Gasteiger partial charge is 0.273 e. The Kier molecular flexibility index (Phi) is 5.76. The van der Waals surface area contributed by atoms with Crippen LogP contribution in [0.25, 0.3) is 11.3 Å². The lowest BCUT2D eigenvalue weighted by atomic mass is 10.1. The molecule has 1 heterocycles. The van der Waals surface area contributed by atoms with Crippen molar-refractivity contribution in [3.8, 4) is 22.8 Å². The van der Waals surface area contributed by atoms with Gasteiger partial charge >= 0.3 is 0 Å². The fourth-order valence-corrected chi connectivity index (χ4v) is 2.68. The normalized spacial score (nSPS) is 10.5. The van der Waals surface area contributed by atoms with Crippen molar-refractivity contribution in [2.24, 2.45) is 0 Å². The SMILES string of the molecule is COc1ccc(CCNC(=O)c2cc(-c3ccc(C)cc3)on2)cc1OC. The predicted molar refractivity (Wildman–Crippen MR) is 102 cm³/mol. The summed E-state index contributed by atoms with van der Waals surface area (Å²) in [6.07, 6.45) is 0.661. The molecule has 0 aliphatic carbocycles. The number of hydrogen-bond acceptors (Lipinski definition) is 5. The number of carbonyl (C=O) groups excluding carboxylic acids is 1. The largest absolute Gasteiger partial charge is 0.493 e. The summed E-state index contributed by atoms with van der Waals surface area (Å²) < 4.78 is 15.8. The number of carbonyl (C=O) groups is 1. The number of methoxy groups -OCH3 is 2. The molecule has 0 spiro atoms. The summed E-state index contributed by atoms with van der Waals surface area (Å²) in [6.45, 7) is 2.49. The van der Waals surface area contributed by atoms with E-state index in [4.69, 9.17) is 14.0 Å². The van der Waals surface area contributed by atoms with Gasteiger partial charge in [0, 0.05) is 18.2 Å². The zero-order valence-corrected chi connectivity index (χ0v) is 15.6. The second-order valence-electron chi connectivity index (χ2n) is 6.14. The molecule has 6 nitrogen and oxygen atoms in total. The zero-order valence-electron chi connectivity index (χ0n) is 15.6. The molecule has 0 bridgehead atoms. The molecule has 1 amide bonds. The van der Waals surface area contributed by atoms with E-state index in [1.807, 2.05) is 49.4 Å². The van der Waals surface area contributed by atoms with Gasteiger partial charge in [0.05, 0.1) is 14.2 Å². The minimum Gasteiger partial charge on any atom is -0.493 e. The van der Waals surface area contributed by atoms with E-state index in [-0.39, 0.29) is 11.6 Å². The number of ether oxygens (including phenoxy) is 2. The van der Waals surface area contributed by atoms with Gasteiger partial charge in [-0.25, -0.2) is 0 Å². The molecule has 0 unspecified atom stereocenters. The summed E-state index contributed by atoms with van der Waals surface area (Å²) in [7, 11) is 3.19. The van der Waals surface area contributed by atoms with Crippen LogP contribution in [0.4, 0.5) is 0 Å². The number of aromatic nitrogens is 1. The monoisotopic (exact) mass is 366 g/mol. The first-order valence-electron chi connectivity index (χ1n) is 8.63. The molecule has 6 heteroatoms. The summed E-state index contributed by atoms with van der Waals surface area (Å²) in [5.74, 6) is 1.65. The van der Waals surface area contributed by atoms with Gasteiger partial charge in [0.25, 0.3) is 5.91 Å². The average Bonchev–Trinajstić information content (AvgIpc) is 3.18. The first kappa shape index (κ1) is 18.5. The van der Waals surface area contributed by atoms with Gasteiger partial charge in [-0.05, 0) is 31.0 Å². The van der Waals surface area contributed by atoms with Crippen LogP contribution >= 0.6 is 0 Å². The highest BCUT2D eigenvalue weighted by atomic mass is 16.5. The van der Waals surface area contributed by atoms with Crippen LogP contribution in [0.3, 0.4) is 0 Å². The lowest BCUT2D eigenvalue weighted by Gasteiger charge is -2.09. The van der Waals surface area contributed by atoms with Crippen molar-refractivity contribution in [2.75, 3.05) is 20.8 Å². The third-order valence-corrected chi connectivity index (χ3v) is 4.23. The third kappa shape index (κ3) is 4.47. The van der Waals surface area contributed by atoms with E-state index < -0.39 is 0 Å². The van der Waals surface area contributed by atoms with E-state index in [0.717, 1.165) is 16.7 Å². The van der Waals surface area contributed by atoms with E-state index in [1.54, 1.807) is 20.3 Å². The molecular formula is C21H22N2O4. The van der Waals surface area contributed by atoms with E-state index >= 15 is 0 Å². The summed E-state index contributed by atoms with van der Waals surface area (Å²) >= 11 is 0. The summed E-state index contributed by atoms with van der Waals surface area (Å²) in [5, 5.41) is 6.72. The van der Waals surface area contributed by atoms with Crippen molar-refractivity contribution in [1.82, 2.24) is 10.5 Å². The quantitative estimate of drug-likeness (QED) is 0.691. The van der Waals surface area contributed by atoms with E-state index in [9.17, 15) is 4.79 Å². The molecule has 27 heavy (non-hydrogen) atoms. The summed E-state index contributed by atoms with van der Waals surface area (Å²) in [5.41, 5.74) is 3.34. The fourth-order valence-electron chi connectivity index (χ4n) is 2.68. The molecule has 1 aromatic heterocycles. The van der Waals surface area contributed by atoms with Crippen LogP contribution in [0.5, 0.6) is 11.5 Å². The number of amides is 1. The van der Waals surface area contributed by atoms with Gasteiger partial charge in [-0.3, -0.25) is 4.79 Å². The molecule has 0 fully saturated rings. The average molecular weight is 366 g/mol. The fraction of sp³-hybridized carbons (Fsp3) is 0.238. The minimum atomic E-state index is -0.266. The van der Waals surface area contributed by atoms with Crippen molar-refractivity contribution < 1.29 is 18.8 Å². The Balaban J connectivity index is 1.58. The Hall–Kier alpha value is -3.28. The lowest BCUT2D eigenvalue weighted by Crippen LogP contribution is -2.25. The van der Waals surface area contributed by atoms with Crippen LogP contribution in [0.1, 0.15) is 21.6 Å². The molecule has 0 saturated carbocycles. The predicted octanol–water partition coefficient (Wildman–Crippen LogP) is 3.64. The van der Waals surface area contributed by atoms with Gasteiger partial charge in [0.15, 0.2) is 23.0 Å². The molecule has 0 atom stereocenters. The van der Waals surface area contributed by atoms with Crippen LogP contribution in [-0.2, 0) is 6.42 Å². The number of nitrogens with zero attached hydrogens (tertiary/aromatic N) is 1. The zero-order chi connectivity index (χ0) is 19.2. The maximum absolute atomic E-state index is 12.3. The van der Waals surface area contributed by atoms with E-state index in [0.29, 0.717) is 30.2 Å². The van der Waals surface area contributed by atoms with Gasteiger partial charge in [-0.15, -0.1) is 0 Å². The summed E-state index contributed by atoms with van der Waals surface area (Å²) in [4.78, 5) is 12.3. The van der Waals surface area contributed by atoms with Gasteiger partial charge in [-0.2, -0.15) is 0 Å². The lowest BCUT2D eigenvalue weighted by molar-refractivity contribution is 0.0945. The molecule has 0 aliphatic rings. The Morgan fingerprint density at radius 3 is 2.48 bits per heavy atom. The molecule has 0 aliphatic heterocycles. The number of rotatable bonds is 7. The number of hydrogen-bond donors (Lipinski definition) is 1.